The van der Waals surface area contributed by atoms with Gasteiger partial charge >= 0.3 is 5.76 Å². The summed E-state index contributed by atoms with van der Waals surface area (Å²) in [5, 5.41) is 3.70. The molecule has 2 atom stereocenters. The molecule has 2 rings (SSSR count). The second kappa shape index (κ2) is 3.81. The van der Waals surface area contributed by atoms with Crippen molar-refractivity contribution in [2.45, 2.75) is 32.6 Å². The van der Waals surface area contributed by atoms with Crippen molar-refractivity contribution < 1.29 is 4.52 Å². The Morgan fingerprint density at radius 2 is 2.53 bits per heavy atom. The lowest BCUT2D eigenvalue weighted by molar-refractivity contribution is 0.283. The molecule has 1 saturated carbocycles. The van der Waals surface area contributed by atoms with E-state index >= 15 is 0 Å². The van der Waals surface area contributed by atoms with Gasteiger partial charge in [0, 0.05) is 6.42 Å². The van der Waals surface area contributed by atoms with Gasteiger partial charge in [0.05, 0.1) is 0 Å². The lowest BCUT2D eigenvalue weighted by atomic mass is 9.82. The quantitative estimate of drug-likeness (QED) is 0.769. The maximum absolute atomic E-state index is 10.8. The Morgan fingerprint density at radius 3 is 3.00 bits per heavy atom. The number of rotatable bonds is 3. The van der Waals surface area contributed by atoms with Crippen LogP contribution in [0.4, 0.5) is 0 Å². The Bertz CT molecular complexity index is 384. The van der Waals surface area contributed by atoms with Crippen LogP contribution in [0.1, 0.15) is 32.0 Å². The fraction of sp³-hybridized carbons (Fsp3) is 0.800. The molecular formula is C10H17N3O2. The van der Waals surface area contributed by atoms with Crippen molar-refractivity contribution in [2.75, 3.05) is 6.54 Å². The Labute approximate surface area is 88.0 Å². The van der Waals surface area contributed by atoms with E-state index in [2.05, 4.69) is 21.6 Å². The van der Waals surface area contributed by atoms with Crippen LogP contribution < -0.4 is 11.5 Å². The second-order valence-corrected chi connectivity index (χ2v) is 4.77. The van der Waals surface area contributed by atoms with Crippen molar-refractivity contribution in [3.63, 3.8) is 0 Å². The Morgan fingerprint density at radius 1 is 1.73 bits per heavy atom. The molecule has 1 aliphatic rings. The van der Waals surface area contributed by atoms with Gasteiger partial charge in [-0.25, -0.2) is 4.79 Å². The monoisotopic (exact) mass is 211 g/mol. The molecule has 0 aliphatic heterocycles. The molecule has 1 fully saturated rings. The first-order valence-corrected chi connectivity index (χ1v) is 5.38. The average molecular weight is 211 g/mol. The maximum Gasteiger partial charge on any atom is 0.438 e. The van der Waals surface area contributed by atoms with Crippen LogP contribution in [0.3, 0.4) is 0 Å². The van der Waals surface area contributed by atoms with E-state index in [1.165, 1.54) is 6.42 Å². The topological polar surface area (TPSA) is 84.9 Å². The van der Waals surface area contributed by atoms with Crippen LogP contribution >= 0.6 is 0 Å². The van der Waals surface area contributed by atoms with Gasteiger partial charge in [-0.15, -0.1) is 0 Å². The molecule has 0 radical (unpaired) electrons. The van der Waals surface area contributed by atoms with Gasteiger partial charge in [-0.05, 0) is 30.7 Å². The summed E-state index contributed by atoms with van der Waals surface area (Å²) in [5.74, 6) is 0.856. The lowest BCUT2D eigenvalue weighted by Gasteiger charge is -2.25. The molecule has 1 heterocycles. The Balaban J connectivity index is 2.11. The summed E-state index contributed by atoms with van der Waals surface area (Å²) in [6.07, 6.45) is 4.15. The van der Waals surface area contributed by atoms with E-state index in [4.69, 9.17) is 5.73 Å². The third-order valence-corrected chi connectivity index (χ3v) is 3.41. The summed E-state index contributed by atoms with van der Waals surface area (Å²) < 4.78 is 4.49. The van der Waals surface area contributed by atoms with Gasteiger partial charge in [-0.1, -0.05) is 18.5 Å². The minimum absolute atomic E-state index is 0.110. The molecule has 0 bridgehead atoms. The molecule has 1 aromatic heterocycles. The van der Waals surface area contributed by atoms with Crippen molar-refractivity contribution in [1.29, 1.82) is 0 Å². The number of hydrogen-bond donors (Lipinski definition) is 2. The van der Waals surface area contributed by atoms with Crippen LogP contribution in [-0.4, -0.2) is 16.7 Å². The molecule has 0 aromatic carbocycles. The molecule has 1 aliphatic carbocycles. The first-order valence-electron chi connectivity index (χ1n) is 5.38. The van der Waals surface area contributed by atoms with Gasteiger partial charge in [0.1, 0.15) is 0 Å². The molecular weight excluding hydrogens is 194 g/mol. The van der Waals surface area contributed by atoms with Crippen molar-refractivity contribution in [1.82, 2.24) is 10.1 Å². The fourth-order valence-corrected chi connectivity index (χ4v) is 2.61. The third-order valence-electron chi connectivity index (χ3n) is 3.41. The summed E-state index contributed by atoms with van der Waals surface area (Å²) in [5.41, 5.74) is 5.95. The number of aromatic nitrogens is 2. The molecule has 1 aromatic rings. The lowest BCUT2D eigenvalue weighted by Crippen LogP contribution is -2.30. The molecule has 0 saturated heterocycles. The number of hydrogen-bond acceptors (Lipinski definition) is 4. The van der Waals surface area contributed by atoms with Crippen LogP contribution in [-0.2, 0) is 6.42 Å². The zero-order valence-corrected chi connectivity index (χ0v) is 8.95. The fourth-order valence-electron chi connectivity index (χ4n) is 2.61. The smallest absolute Gasteiger partial charge is 0.330 e. The van der Waals surface area contributed by atoms with E-state index in [0.29, 0.717) is 18.3 Å². The SMILES string of the molecule is C[C@H]1CC[C@](CN)(Cc2noc(=O)[nH]2)C1. The van der Waals surface area contributed by atoms with Crippen molar-refractivity contribution in [3.8, 4) is 0 Å². The highest BCUT2D eigenvalue weighted by Crippen LogP contribution is 2.42. The predicted molar refractivity (Wildman–Crippen MR) is 55.3 cm³/mol. The zero-order valence-electron chi connectivity index (χ0n) is 8.95. The number of nitrogens with two attached hydrogens (primary N) is 1. The summed E-state index contributed by atoms with van der Waals surface area (Å²) in [4.78, 5) is 13.4. The third kappa shape index (κ3) is 2.12. The van der Waals surface area contributed by atoms with Gasteiger partial charge in [0.25, 0.3) is 0 Å². The van der Waals surface area contributed by atoms with E-state index in [0.717, 1.165) is 19.3 Å². The highest BCUT2D eigenvalue weighted by Gasteiger charge is 2.37. The van der Waals surface area contributed by atoms with E-state index in [1.54, 1.807) is 0 Å². The van der Waals surface area contributed by atoms with Crippen LogP contribution in [0.2, 0.25) is 0 Å². The van der Waals surface area contributed by atoms with Gasteiger partial charge in [0.2, 0.25) is 0 Å². The minimum atomic E-state index is -0.483. The number of nitrogens with one attached hydrogen (secondary N) is 1. The number of H-pyrrole nitrogens is 1. The molecule has 84 valence electrons. The maximum atomic E-state index is 10.8. The summed E-state index contributed by atoms with van der Waals surface area (Å²) in [6.45, 7) is 2.88. The number of nitrogens with zero attached hydrogens (tertiary/aromatic N) is 1. The van der Waals surface area contributed by atoms with Crippen LogP contribution in [0.25, 0.3) is 0 Å². The molecule has 3 N–H and O–H groups in total. The predicted octanol–water partition coefficient (Wildman–Crippen LogP) is 0.671. The molecule has 0 unspecified atom stereocenters. The Kier molecular flexibility index (Phi) is 2.65. The van der Waals surface area contributed by atoms with E-state index in [9.17, 15) is 4.79 Å². The van der Waals surface area contributed by atoms with Crippen molar-refractivity contribution >= 4 is 0 Å². The first-order chi connectivity index (χ1) is 7.13. The standard InChI is InChI=1S/C10H17N3O2/c1-7-2-3-10(4-7,6-11)5-8-12-9(14)15-13-8/h7H,2-6,11H2,1H3,(H,12,13,14)/t7-,10+/m0/s1. The second-order valence-electron chi connectivity index (χ2n) is 4.77. The number of aromatic amines is 1. The summed E-state index contributed by atoms with van der Waals surface area (Å²) >= 11 is 0. The normalized spacial score (nSPS) is 30.9. The molecule has 15 heavy (non-hydrogen) atoms. The molecule has 5 nitrogen and oxygen atoms in total. The van der Waals surface area contributed by atoms with E-state index in [1.807, 2.05) is 0 Å². The highest BCUT2D eigenvalue weighted by atomic mass is 16.5. The van der Waals surface area contributed by atoms with Gasteiger partial charge in [-0.3, -0.25) is 9.51 Å². The van der Waals surface area contributed by atoms with Crippen molar-refractivity contribution in [3.05, 3.63) is 16.4 Å². The van der Waals surface area contributed by atoms with Gasteiger partial charge in [-0.2, -0.15) is 0 Å². The van der Waals surface area contributed by atoms with Crippen LogP contribution in [0.5, 0.6) is 0 Å². The van der Waals surface area contributed by atoms with Gasteiger partial charge < -0.3 is 5.73 Å². The molecule has 0 amide bonds. The van der Waals surface area contributed by atoms with Gasteiger partial charge in [0.15, 0.2) is 5.82 Å². The summed E-state index contributed by atoms with van der Waals surface area (Å²) in [7, 11) is 0. The molecule has 0 spiro atoms. The van der Waals surface area contributed by atoms with Crippen LogP contribution in [0.15, 0.2) is 9.32 Å². The van der Waals surface area contributed by atoms with E-state index in [-0.39, 0.29) is 5.41 Å². The van der Waals surface area contributed by atoms with Crippen molar-refractivity contribution in [2.24, 2.45) is 17.1 Å². The summed E-state index contributed by atoms with van der Waals surface area (Å²) in [6, 6.07) is 0. The average Bonchev–Trinajstić information content (AvgIpc) is 2.75. The Hall–Kier alpha value is -1.10. The first kappa shape index (κ1) is 10.4. The molecule has 5 heteroatoms. The van der Waals surface area contributed by atoms with Crippen LogP contribution in [0, 0.1) is 11.3 Å². The zero-order chi connectivity index (χ0) is 10.9. The highest BCUT2D eigenvalue weighted by molar-refractivity contribution is 4.96. The minimum Gasteiger partial charge on any atom is -0.330 e. The van der Waals surface area contributed by atoms with E-state index < -0.39 is 5.76 Å². The largest absolute Gasteiger partial charge is 0.438 e.